The molecule has 0 unspecified atom stereocenters. The van der Waals surface area contributed by atoms with Crippen LogP contribution in [0.2, 0.25) is 0 Å². The predicted molar refractivity (Wildman–Crippen MR) is 82.9 cm³/mol. The van der Waals surface area contributed by atoms with Gasteiger partial charge in [0.25, 0.3) is 0 Å². The molecule has 0 radical (unpaired) electrons. The van der Waals surface area contributed by atoms with Crippen molar-refractivity contribution in [3.05, 3.63) is 72.4 Å². The van der Waals surface area contributed by atoms with Crippen LogP contribution in [0.5, 0.6) is 0 Å². The van der Waals surface area contributed by atoms with E-state index < -0.39 is 0 Å². The van der Waals surface area contributed by atoms with Gasteiger partial charge in [-0.05, 0) is 30.2 Å². The van der Waals surface area contributed by atoms with Crippen molar-refractivity contribution < 1.29 is 0 Å². The molecule has 0 bridgehead atoms. The van der Waals surface area contributed by atoms with E-state index in [2.05, 4.69) is 66.6 Å². The number of para-hydroxylation sites is 1. The first kappa shape index (κ1) is 11.2. The summed E-state index contributed by atoms with van der Waals surface area (Å²) in [6, 6.07) is 21.0. The maximum Gasteiger partial charge on any atom is 0.0750 e. The first-order valence-corrected chi connectivity index (χ1v) is 6.77. The third-order valence-corrected chi connectivity index (χ3v) is 3.87. The predicted octanol–water partition coefficient (Wildman–Crippen LogP) is 4.46. The molecule has 2 nitrogen and oxygen atoms in total. The molecule has 0 saturated heterocycles. The number of rotatable bonds is 1. The van der Waals surface area contributed by atoms with Crippen LogP contribution in [0, 0.1) is 6.92 Å². The fourth-order valence-electron chi connectivity index (χ4n) is 2.96. The number of hydrogen-bond acceptors (Lipinski definition) is 1. The highest BCUT2D eigenvalue weighted by Gasteiger charge is 2.13. The van der Waals surface area contributed by atoms with Crippen LogP contribution in [0.25, 0.3) is 27.5 Å². The van der Waals surface area contributed by atoms with E-state index in [1.807, 2.05) is 16.8 Å². The Labute approximate surface area is 117 Å². The summed E-state index contributed by atoms with van der Waals surface area (Å²) in [5, 5.41) is 5.74. The smallest absolute Gasteiger partial charge is 0.0750 e. The average molecular weight is 258 g/mol. The number of aryl methyl sites for hydroxylation is 1. The molecule has 0 aliphatic heterocycles. The number of benzene rings is 2. The second-order valence-corrected chi connectivity index (χ2v) is 5.01. The molecule has 2 heteroatoms. The van der Waals surface area contributed by atoms with Gasteiger partial charge in [0.2, 0.25) is 0 Å². The fraction of sp³-hybridized carbons (Fsp3) is 0.0556. The maximum atomic E-state index is 4.49. The van der Waals surface area contributed by atoms with Gasteiger partial charge in [0.15, 0.2) is 0 Å². The van der Waals surface area contributed by atoms with Crippen LogP contribution in [-0.4, -0.2) is 9.61 Å². The van der Waals surface area contributed by atoms with Gasteiger partial charge in [0.1, 0.15) is 0 Å². The lowest BCUT2D eigenvalue weighted by atomic mass is 9.97. The molecule has 0 amide bonds. The molecule has 2 aromatic carbocycles. The van der Waals surface area contributed by atoms with E-state index in [1.54, 1.807) is 0 Å². The SMILES string of the molecule is Cc1c(-c2ccccc2)c2ccnn2c2ccccc12. The quantitative estimate of drug-likeness (QED) is 0.492. The van der Waals surface area contributed by atoms with E-state index in [0.29, 0.717) is 0 Å². The van der Waals surface area contributed by atoms with E-state index in [9.17, 15) is 0 Å². The molecule has 20 heavy (non-hydrogen) atoms. The molecule has 0 N–H and O–H groups in total. The second kappa shape index (κ2) is 4.20. The lowest BCUT2D eigenvalue weighted by Gasteiger charge is -2.13. The molecule has 4 rings (SSSR count). The summed E-state index contributed by atoms with van der Waals surface area (Å²) < 4.78 is 2.03. The van der Waals surface area contributed by atoms with Crippen molar-refractivity contribution in [3.63, 3.8) is 0 Å². The maximum absolute atomic E-state index is 4.49. The first-order chi connectivity index (χ1) is 9.86. The van der Waals surface area contributed by atoms with Crippen molar-refractivity contribution in [3.8, 4) is 11.1 Å². The van der Waals surface area contributed by atoms with Crippen LogP contribution in [-0.2, 0) is 0 Å². The number of fused-ring (bicyclic) bond motifs is 3. The van der Waals surface area contributed by atoms with Crippen LogP contribution in [0.1, 0.15) is 5.56 Å². The molecule has 96 valence electrons. The fourth-order valence-corrected chi connectivity index (χ4v) is 2.96. The minimum atomic E-state index is 1.16. The highest BCUT2D eigenvalue weighted by atomic mass is 15.2. The Morgan fingerprint density at radius 2 is 1.55 bits per heavy atom. The topological polar surface area (TPSA) is 17.3 Å². The summed E-state index contributed by atoms with van der Waals surface area (Å²) >= 11 is 0. The third kappa shape index (κ3) is 1.48. The molecule has 0 saturated carbocycles. The van der Waals surface area contributed by atoms with E-state index in [4.69, 9.17) is 0 Å². The zero-order valence-corrected chi connectivity index (χ0v) is 11.2. The summed E-state index contributed by atoms with van der Waals surface area (Å²) in [5.41, 5.74) is 6.12. The molecule has 4 aromatic rings. The minimum Gasteiger partial charge on any atom is -0.232 e. The van der Waals surface area contributed by atoms with Crippen molar-refractivity contribution in [2.24, 2.45) is 0 Å². The first-order valence-electron chi connectivity index (χ1n) is 6.77. The van der Waals surface area contributed by atoms with Crippen LogP contribution in [0.3, 0.4) is 0 Å². The van der Waals surface area contributed by atoms with Crippen molar-refractivity contribution in [1.29, 1.82) is 0 Å². The Morgan fingerprint density at radius 1 is 0.800 bits per heavy atom. The highest BCUT2D eigenvalue weighted by molar-refractivity contribution is 5.96. The second-order valence-electron chi connectivity index (χ2n) is 5.01. The molecule has 0 aliphatic carbocycles. The molecule has 0 spiro atoms. The van der Waals surface area contributed by atoms with Gasteiger partial charge in [-0.2, -0.15) is 5.10 Å². The summed E-state index contributed by atoms with van der Waals surface area (Å²) in [6.07, 6.45) is 1.87. The lowest BCUT2D eigenvalue weighted by Crippen LogP contribution is -1.96. The van der Waals surface area contributed by atoms with E-state index in [1.165, 1.54) is 22.1 Å². The molecular weight excluding hydrogens is 244 g/mol. The van der Waals surface area contributed by atoms with Gasteiger partial charge in [-0.1, -0.05) is 48.5 Å². The van der Waals surface area contributed by atoms with E-state index in [-0.39, 0.29) is 0 Å². The number of pyridine rings is 1. The normalized spacial score (nSPS) is 11.2. The Morgan fingerprint density at radius 3 is 2.40 bits per heavy atom. The van der Waals surface area contributed by atoms with Gasteiger partial charge in [0, 0.05) is 10.9 Å². The van der Waals surface area contributed by atoms with Gasteiger partial charge < -0.3 is 0 Å². The van der Waals surface area contributed by atoms with E-state index >= 15 is 0 Å². The summed E-state index contributed by atoms with van der Waals surface area (Å²) in [6.45, 7) is 2.19. The Kier molecular flexibility index (Phi) is 2.36. The minimum absolute atomic E-state index is 1.16. The summed E-state index contributed by atoms with van der Waals surface area (Å²) in [4.78, 5) is 0. The van der Waals surface area contributed by atoms with Gasteiger partial charge in [0.05, 0.1) is 17.2 Å². The third-order valence-electron chi connectivity index (χ3n) is 3.87. The molecular formula is C18H14N2. The molecule has 0 aliphatic rings. The Balaban J connectivity index is 2.24. The van der Waals surface area contributed by atoms with Gasteiger partial charge in [-0.3, -0.25) is 0 Å². The number of aromatic nitrogens is 2. The zero-order chi connectivity index (χ0) is 13.5. The molecule has 2 heterocycles. The van der Waals surface area contributed by atoms with Gasteiger partial charge >= 0.3 is 0 Å². The molecule has 0 fully saturated rings. The van der Waals surface area contributed by atoms with Crippen LogP contribution in [0.4, 0.5) is 0 Å². The monoisotopic (exact) mass is 258 g/mol. The standard InChI is InChI=1S/C18H14N2/c1-13-15-9-5-6-10-16(15)20-17(11-12-19-20)18(13)14-7-3-2-4-8-14/h2-12H,1H3. The molecule has 0 atom stereocenters. The van der Waals surface area contributed by atoms with Crippen molar-refractivity contribution >= 4 is 16.4 Å². The highest BCUT2D eigenvalue weighted by Crippen LogP contribution is 2.33. The number of nitrogens with zero attached hydrogens (tertiary/aromatic N) is 2. The van der Waals surface area contributed by atoms with Crippen molar-refractivity contribution in [2.45, 2.75) is 6.92 Å². The van der Waals surface area contributed by atoms with Crippen molar-refractivity contribution in [1.82, 2.24) is 9.61 Å². The van der Waals surface area contributed by atoms with E-state index in [0.717, 1.165) is 11.0 Å². The van der Waals surface area contributed by atoms with Crippen LogP contribution < -0.4 is 0 Å². The largest absolute Gasteiger partial charge is 0.232 e. The van der Waals surface area contributed by atoms with Gasteiger partial charge in [-0.25, -0.2) is 4.52 Å². The average Bonchev–Trinajstić information content (AvgIpc) is 2.98. The summed E-state index contributed by atoms with van der Waals surface area (Å²) in [7, 11) is 0. The summed E-state index contributed by atoms with van der Waals surface area (Å²) in [5.74, 6) is 0. The molecule has 2 aromatic heterocycles. The Bertz CT molecular complexity index is 905. The lowest BCUT2D eigenvalue weighted by molar-refractivity contribution is 1.00. The van der Waals surface area contributed by atoms with Crippen LogP contribution >= 0.6 is 0 Å². The van der Waals surface area contributed by atoms with Crippen molar-refractivity contribution in [2.75, 3.05) is 0 Å². The zero-order valence-electron chi connectivity index (χ0n) is 11.2. The van der Waals surface area contributed by atoms with Crippen LogP contribution in [0.15, 0.2) is 66.9 Å². The van der Waals surface area contributed by atoms with Gasteiger partial charge in [-0.15, -0.1) is 0 Å². The number of hydrogen-bond donors (Lipinski definition) is 0. The Hall–Kier alpha value is -2.61.